The van der Waals surface area contributed by atoms with Crippen molar-refractivity contribution in [3.63, 3.8) is 0 Å². The number of rotatable bonds is 4. The Bertz CT molecular complexity index is 1350. The van der Waals surface area contributed by atoms with E-state index in [1.165, 1.54) is 23.3 Å². The van der Waals surface area contributed by atoms with Crippen molar-refractivity contribution in [1.82, 2.24) is 14.6 Å². The van der Waals surface area contributed by atoms with Gasteiger partial charge in [-0.2, -0.15) is 9.61 Å². The molecule has 3 heterocycles. The summed E-state index contributed by atoms with van der Waals surface area (Å²) >= 11 is 0. The number of carbonyl (C=O) groups excluding carboxylic acids is 1. The van der Waals surface area contributed by atoms with E-state index in [0.29, 0.717) is 5.69 Å². The van der Waals surface area contributed by atoms with Crippen LogP contribution in [0.4, 0.5) is 15.9 Å². The third kappa shape index (κ3) is 4.51. The van der Waals surface area contributed by atoms with Crippen LogP contribution in [0.25, 0.3) is 16.9 Å². The Labute approximate surface area is 198 Å². The number of piperidine rings is 1. The number of halogens is 1. The molecule has 2 aromatic carbocycles. The maximum Gasteiger partial charge on any atom is 0.227 e. The molecule has 1 N–H and O–H groups in total. The molecule has 0 radical (unpaired) electrons. The first kappa shape index (κ1) is 22.1. The highest BCUT2D eigenvalue weighted by atomic mass is 19.1. The molecule has 1 fully saturated rings. The maximum atomic E-state index is 13.4. The van der Waals surface area contributed by atoms with Gasteiger partial charge in [-0.1, -0.05) is 23.3 Å². The molecular formula is C27H28FN5O. The lowest BCUT2D eigenvalue weighted by Crippen LogP contribution is -2.39. The summed E-state index contributed by atoms with van der Waals surface area (Å²) in [5, 5.41) is 7.75. The third-order valence-corrected chi connectivity index (χ3v) is 6.34. The first-order chi connectivity index (χ1) is 16.4. The van der Waals surface area contributed by atoms with E-state index in [1.807, 2.05) is 17.5 Å². The topological polar surface area (TPSA) is 62.5 Å². The molecule has 0 aliphatic carbocycles. The minimum atomic E-state index is -0.357. The first-order valence-corrected chi connectivity index (χ1v) is 11.6. The average molecular weight is 458 g/mol. The molecule has 5 rings (SSSR count). The number of hydrogen-bond donors (Lipinski definition) is 1. The molecule has 1 aliphatic rings. The van der Waals surface area contributed by atoms with Gasteiger partial charge in [0.1, 0.15) is 11.6 Å². The van der Waals surface area contributed by atoms with Gasteiger partial charge in [0.25, 0.3) is 0 Å². The number of aromatic nitrogens is 3. The lowest BCUT2D eigenvalue weighted by molar-refractivity contribution is -0.120. The van der Waals surface area contributed by atoms with Gasteiger partial charge >= 0.3 is 0 Å². The van der Waals surface area contributed by atoms with E-state index in [2.05, 4.69) is 48.3 Å². The van der Waals surface area contributed by atoms with E-state index in [0.717, 1.165) is 54.3 Å². The number of nitrogens with one attached hydrogen (secondary N) is 1. The summed E-state index contributed by atoms with van der Waals surface area (Å²) in [6, 6.07) is 16.5. The monoisotopic (exact) mass is 457 g/mol. The van der Waals surface area contributed by atoms with E-state index >= 15 is 0 Å². The van der Waals surface area contributed by atoms with Crippen LogP contribution in [0.5, 0.6) is 0 Å². The largest absolute Gasteiger partial charge is 0.356 e. The van der Waals surface area contributed by atoms with Crippen LogP contribution in [-0.2, 0) is 4.79 Å². The van der Waals surface area contributed by atoms with E-state index in [4.69, 9.17) is 10.1 Å². The average Bonchev–Trinajstić information content (AvgIpc) is 3.22. The van der Waals surface area contributed by atoms with Crippen molar-refractivity contribution in [3.05, 3.63) is 77.2 Å². The molecule has 34 heavy (non-hydrogen) atoms. The molecule has 174 valence electrons. The summed E-state index contributed by atoms with van der Waals surface area (Å²) < 4.78 is 15.3. The van der Waals surface area contributed by atoms with Crippen LogP contribution in [0.2, 0.25) is 0 Å². The molecule has 1 saturated heterocycles. The van der Waals surface area contributed by atoms with Gasteiger partial charge in [-0.05, 0) is 63.9 Å². The highest BCUT2D eigenvalue weighted by Gasteiger charge is 2.27. The van der Waals surface area contributed by atoms with E-state index in [1.54, 1.807) is 12.1 Å². The zero-order valence-electron chi connectivity index (χ0n) is 19.7. The Morgan fingerprint density at radius 2 is 1.74 bits per heavy atom. The molecule has 6 nitrogen and oxygen atoms in total. The summed E-state index contributed by atoms with van der Waals surface area (Å²) in [5.41, 5.74) is 6.63. The van der Waals surface area contributed by atoms with Crippen LogP contribution < -0.4 is 10.2 Å². The van der Waals surface area contributed by atoms with Gasteiger partial charge in [-0.3, -0.25) is 4.79 Å². The molecule has 1 amide bonds. The second-order valence-corrected chi connectivity index (χ2v) is 9.19. The maximum absolute atomic E-state index is 13.4. The molecule has 0 unspecified atom stereocenters. The van der Waals surface area contributed by atoms with E-state index in [9.17, 15) is 9.18 Å². The highest BCUT2D eigenvalue weighted by molar-refractivity contribution is 5.92. The minimum Gasteiger partial charge on any atom is -0.356 e. The van der Waals surface area contributed by atoms with Crippen LogP contribution in [0, 0.1) is 32.5 Å². The molecular weight excluding hydrogens is 429 g/mol. The lowest BCUT2D eigenvalue weighted by atomic mass is 9.95. The molecule has 0 bridgehead atoms. The van der Waals surface area contributed by atoms with Gasteiger partial charge < -0.3 is 10.2 Å². The van der Waals surface area contributed by atoms with Crippen molar-refractivity contribution in [2.24, 2.45) is 5.92 Å². The molecule has 0 saturated carbocycles. The number of fused-ring (bicyclic) bond motifs is 1. The van der Waals surface area contributed by atoms with Gasteiger partial charge in [0, 0.05) is 48.1 Å². The number of aryl methyl sites for hydroxylation is 3. The van der Waals surface area contributed by atoms with Crippen molar-refractivity contribution in [2.45, 2.75) is 33.6 Å². The Balaban J connectivity index is 1.35. The number of hydrogen-bond acceptors (Lipinski definition) is 4. The predicted octanol–water partition coefficient (Wildman–Crippen LogP) is 5.32. The number of benzene rings is 2. The normalized spacial score (nSPS) is 14.5. The fourth-order valence-electron chi connectivity index (χ4n) is 4.75. The second-order valence-electron chi connectivity index (χ2n) is 9.19. The van der Waals surface area contributed by atoms with Crippen LogP contribution in [0.1, 0.15) is 29.7 Å². The number of carbonyl (C=O) groups is 1. The SMILES string of the molecule is Cc1cc(C)cc(-c2cc3nc(C)cc(N4CCC(C(=O)Nc5cccc(F)c5)CC4)n3n2)c1. The number of anilines is 2. The predicted molar refractivity (Wildman–Crippen MR) is 133 cm³/mol. The van der Waals surface area contributed by atoms with Gasteiger partial charge in [0.2, 0.25) is 5.91 Å². The molecule has 7 heteroatoms. The second kappa shape index (κ2) is 8.89. The van der Waals surface area contributed by atoms with E-state index < -0.39 is 0 Å². The Hall–Kier alpha value is -3.74. The summed E-state index contributed by atoms with van der Waals surface area (Å²) in [6.07, 6.45) is 1.43. The van der Waals surface area contributed by atoms with Crippen LogP contribution >= 0.6 is 0 Å². The summed E-state index contributed by atoms with van der Waals surface area (Å²) in [5.74, 6) is 0.463. The fourth-order valence-corrected chi connectivity index (χ4v) is 4.75. The van der Waals surface area contributed by atoms with Crippen LogP contribution in [-0.4, -0.2) is 33.6 Å². The zero-order valence-corrected chi connectivity index (χ0v) is 19.7. The minimum absolute atomic E-state index is 0.0579. The molecule has 1 aliphatic heterocycles. The standard InChI is InChI=1S/C27H28FN5O/c1-17-11-18(2)13-21(12-17)24-16-25-29-19(3)14-26(33(25)31-24)32-9-7-20(8-10-32)27(34)30-23-6-4-5-22(28)15-23/h4-6,11-16,20H,7-10H2,1-3H3,(H,30,34). The van der Waals surface area contributed by atoms with Crippen molar-refractivity contribution in [1.29, 1.82) is 0 Å². The third-order valence-electron chi connectivity index (χ3n) is 6.34. The van der Waals surface area contributed by atoms with Crippen molar-refractivity contribution < 1.29 is 9.18 Å². The fraction of sp³-hybridized carbons (Fsp3) is 0.296. The van der Waals surface area contributed by atoms with Gasteiger partial charge in [0.05, 0.1) is 5.69 Å². The van der Waals surface area contributed by atoms with Gasteiger partial charge in [-0.25, -0.2) is 9.37 Å². The summed E-state index contributed by atoms with van der Waals surface area (Å²) in [6.45, 7) is 7.65. The zero-order chi connectivity index (χ0) is 23.8. The molecule has 4 aromatic rings. The number of nitrogens with zero attached hydrogens (tertiary/aromatic N) is 4. The molecule has 2 aromatic heterocycles. The lowest BCUT2D eigenvalue weighted by Gasteiger charge is -2.33. The first-order valence-electron chi connectivity index (χ1n) is 11.6. The quantitative estimate of drug-likeness (QED) is 0.451. The van der Waals surface area contributed by atoms with Crippen LogP contribution in [0.3, 0.4) is 0 Å². The number of amides is 1. The molecule has 0 spiro atoms. The highest BCUT2D eigenvalue weighted by Crippen LogP contribution is 2.28. The van der Waals surface area contributed by atoms with E-state index in [-0.39, 0.29) is 17.6 Å². The summed E-state index contributed by atoms with van der Waals surface area (Å²) in [4.78, 5) is 19.7. The van der Waals surface area contributed by atoms with Gasteiger partial charge in [-0.15, -0.1) is 0 Å². The van der Waals surface area contributed by atoms with Gasteiger partial charge in [0.15, 0.2) is 5.65 Å². The molecule has 0 atom stereocenters. The Kier molecular flexibility index (Phi) is 5.77. The summed E-state index contributed by atoms with van der Waals surface area (Å²) in [7, 11) is 0. The Morgan fingerprint density at radius 3 is 2.44 bits per heavy atom. The van der Waals surface area contributed by atoms with Crippen molar-refractivity contribution in [3.8, 4) is 11.3 Å². The smallest absolute Gasteiger partial charge is 0.227 e. The Morgan fingerprint density at radius 1 is 1.00 bits per heavy atom. The van der Waals surface area contributed by atoms with Crippen LogP contribution in [0.15, 0.2) is 54.6 Å². The van der Waals surface area contributed by atoms with Crippen molar-refractivity contribution in [2.75, 3.05) is 23.3 Å². The van der Waals surface area contributed by atoms with Crippen molar-refractivity contribution >= 4 is 23.1 Å².